The number of carbonyl (C=O) groups excluding carboxylic acids is 1. The van der Waals surface area contributed by atoms with Gasteiger partial charge in [0.05, 0.1) is 25.2 Å². The van der Waals surface area contributed by atoms with Crippen molar-refractivity contribution in [3.05, 3.63) is 101 Å². The zero-order chi connectivity index (χ0) is 30.3. The van der Waals surface area contributed by atoms with Crippen LogP contribution < -0.4 is 10.1 Å². The van der Waals surface area contributed by atoms with Gasteiger partial charge in [0, 0.05) is 36.7 Å². The Morgan fingerprint density at radius 2 is 1.60 bits per heavy atom. The molecule has 3 aliphatic heterocycles. The van der Waals surface area contributed by atoms with Crippen molar-refractivity contribution in [1.82, 2.24) is 15.1 Å². The van der Waals surface area contributed by atoms with Crippen molar-refractivity contribution in [2.75, 3.05) is 33.3 Å². The highest BCUT2D eigenvalue weighted by molar-refractivity contribution is 5.80. The Morgan fingerprint density at radius 1 is 0.977 bits per heavy atom. The first-order valence-corrected chi connectivity index (χ1v) is 15.2. The maximum Gasteiger partial charge on any atom is 0.229 e. The number of fused-ring (bicyclic) bond motifs is 3. The molecular weight excluding hydrogens is 534 g/mol. The van der Waals surface area contributed by atoms with Crippen LogP contribution in [0.1, 0.15) is 54.4 Å². The lowest BCUT2D eigenvalue weighted by molar-refractivity contribution is -0.145. The minimum atomic E-state index is -0.291. The van der Waals surface area contributed by atoms with Crippen molar-refractivity contribution < 1.29 is 9.53 Å². The molecule has 0 saturated carbocycles. The van der Waals surface area contributed by atoms with E-state index in [1.165, 1.54) is 21.6 Å². The van der Waals surface area contributed by atoms with Gasteiger partial charge in [-0.15, -0.1) is 0 Å². The van der Waals surface area contributed by atoms with Crippen LogP contribution in [0.4, 0.5) is 0 Å². The van der Waals surface area contributed by atoms with E-state index < -0.39 is 0 Å². The van der Waals surface area contributed by atoms with Crippen molar-refractivity contribution in [3.63, 3.8) is 0 Å². The lowest BCUT2D eigenvalue weighted by atomic mass is 9.66. The van der Waals surface area contributed by atoms with Crippen LogP contribution in [0.3, 0.4) is 0 Å². The molecule has 43 heavy (non-hydrogen) atoms. The minimum absolute atomic E-state index is 0.0136. The third-order valence-electron chi connectivity index (χ3n) is 9.26. The number of ether oxygens (including phenoxy) is 1. The van der Waals surface area contributed by atoms with Crippen molar-refractivity contribution in [3.8, 4) is 17.9 Å². The summed E-state index contributed by atoms with van der Waals surface area (Å²) in [5.74, 6) is 0.995. The fraction of sp³-hybridized carbons (Fsp3) is 0.417. The second kappa shape index (κ2) is 13.9. The number of nitrogens with one attached hydrogen (secondary N) is 1. The molecule has 3 saturated heterocycles. The average Bonchev–Trinajstić information content (AvgIpc) is 3.05. The normalized spacial score (nSPS) is 22.6. The monoisotopic (exact) mass is 575 g/mol. The first-order valence-electron chi connectivity index (χ1n) is 15.2. The number of piperidine rings is 3. The Labute approximate surface area is 255 Å². The minimum Gasteiger partial charge on any atom is -0.496 e. The summed E-state index contributed by atoms with van der Waals surface area (Å²) < 4.78 is 5.77. The first kappa shape index (κ1) is 30.3. The molecule has 0 aromatic heterocycles. The predicted molar refractivity (Wildman–Crippen MR) is 167 cm³/mol. The lowest BCUT2D eigenvalue weighted by Gasteiger charge is -2.57. The van der Waals surface area contributed by atoms with Gasteiger partial charge >= 0.3 is 0 Å². The van der Waals surface area contributed by atoms with Gasteiger partial charge in [-0.1, -0.05) is 86.6 Å². The smallest absolute Gasteiger partial charge is 0.229 e. The van der Waals surface area contributed by atoms with Crippen LogP contribution >= 0.6 is 0 Å². The Morgan fingerprint density at radius 3 is 2.16 bits per heavy atom. The summed E-state index contributed by atoms with van der Waals surface area (Å²) >= 11 is 0. The van der Waals surface area contributed by atoms with Gasteiger partial charge in [-0.05, 0) is 47.6 Å². The number of hydrogen-bond acceptors (Lipinski definition) is 6. The largest absolute Gasteiger partial charge is 0.496 e. The summed E-state index contributed by atoms with van der Waals surface area (Å²) in [5, 5.41) is 22.7. The molecule has 1 amide bonds. The Kier molecular flexibility index (Phi) is 9.77. The van der Waals surface area contributed by atoms with Crippen molar-refractivity contribution >= 4 is 5.91 Å². The second-order valence-corrected chi connectivity index (χ2v) is 12.0. The third-order valence-corrected chi connectivity index (χ3v) is 9.26. The zero-order valence-electron chi connectivity index (χ0n) is 25.3. The third kappa shape index (κ3) is 6.44. The van der Waals surface area contributed by atoms with E-state index in [4.69, 9.17) is 4.74 Å². The zero-order valence-corrected chi connectivity index (χ0v) is 25.3. The molecule has 3 heterocycles. The molecule has 7 heteroatoms. The molecule has 0 aliphatic carbocycles. The molecule has 0 radical (unpaired) electrons. The van der Waals surface area contributed by atoms with E-state index in [1.54, 1.807) is 7.11 Å². The number of amides is 1. The maximum atomic E-state index is 13.9. The number of rotatable bonds is 11. The van der Waals surface area contributed by atoms with Crippen LogP contribution in [0.5, 0.6) is 5.75 Å². The van der Waals surface area contributed by atoms with Gasteiger partial charge in [-0.3, -0.25) is 9.69 Å². The molecule has 2 bridgehead atoms. The van der Waals surface area contributed by atoms with Crippen LogP contribution in [0.15, 0.2) is 78.9 Å². The van der Waals surface area contributed by atoms with Gasteiger partial charge in [-0.2, -0.15) is 10.5 Å². The number of methoxy groups -OCH3 is 1. The molecule has 1 N–H and O–H groups in total. The fourth-order valence-electron chi connectivity index (χ4n) is 7.18. The van der Waals surface area contributed by atoms with E-state index in [2.05, 4.69) is 109 Å². The highest BCUT2D eigenvalue weighted by Crippen LogP contribution is 2.45. The molecule has 6 rings (SSSR count). The van der Waals surface area contributed by atoms with Gasteiger partial charge in [0.25, 0.3) is 0 Å². The van der Waals surface area contributed by atoms with Crippen LogP contribution in [-0.4, -0.2) is 61.1 Å². The van der Waals surface area contributed by atoms with Gasteiger partial charge < -0.3 is 15.0 Å². The molecule has 222 valence electrons. The molecule has 3 aromatic rings. The number of nitriles is 2. The van der Waals surface area contributed by atoms with Gasteiger partial charge in [0.15, 0.2) is 0 Å². The molecule has 0 spiro atoms. The Balaban J connectivity index is 1.56. The summed E-state index contributed by atoms with van der Waals surface area (Å²) in [7, 11) is 1.71. The second-order valence-electron chi connectivity index (χ2n) is 12.0. The number of hydrogen-bond donors (Lipinski definition) is 1. The number of carbonyl (C=O) groups is 1. The van der Waals surface area contributed by atoms with Crippen molar-refractivity contribution in [1.29, 1.82) is 10.5 Å². The molecule has 7 nitrogen and oxygen atoms in total. The van der Waals surface area contributed by atoms with Gasteiger partial charge in [0.2, 0.25) is 5.91 Å². The van der Waals surface area contributed by atoms with E-state index in [9.17, 15) is 15.3 Å². The first-order chi connectivity index (χ1) is 21.0. The molecule has 1 unspecified atom stereocenters. The summed E-state index contributed by atoms with van der Waals surface area (Å²) in [6.45, 7) is 6.35. The summed E-state index contributed by atoms with van der Waals surface area (Å²) in [6.07, 6.45) is 0.872. The summed E-state index contributed by atoms with van der Waals surface area (Å²) in [4.78, 5) is 17.8. The van der Waals surface area contributed by atoms with Gasteiger partial charge in [0.1, 0.15) is 18.8 Å². The van der Waals surface area contributed by atoms with Crippen LogP contribution in [0, 0.1) is 34.5 Å². The highest BCUT2D eigenvalue weighted by Gasteiger charge is 2.53. The van der Waals surface area contributed by atoms with Crippen molar-refractivity contribution in [2.45, 2.75) is 50.7 Å². The van der Waals surface area contributed by atoms with E-state index >= 15 is 0 Å². The molecule has 3 fully saturated rings. The molecule has 3 aliphatic rings. The quantitative estimate of drug-likeness (QED) is 0.312. The lowest BCUT2D eigenvalue weighted by Crippen LogP contribution is -2.69. The predicted octanol–water partition coefficient (Wildman–Crippen LogP) is 5.30. The molecule has 3 aromatic carbocycles. The number of benzene rings is 3. The fourth-order valence-corrected chi connectivity index (χ4v) is 7.18. The number of nitrogens with zero attached hydrogens (tertiary/aromatic N) is 4. The van der Waals surface area contributed by atoms with E-state index in [0.29, 0.717) is 19.0 Å². The van der Waals surface area contributed by atoms with Crippen LogP contribution in [0.2, 0.25) is 0 Å². The van der Waals surface area contributed by atoms with E-state index in [-0.39, 0.29) is 48.8 Å². The van der Waals surface area contributed by atoms with Gasteiger partial charge in [-0.25, -0.2) is 0 Å². The highest BCUT2D eigenvalue weighted by atomic mass is 16.5. The average molecular weight is 576 g/mol. The van der Waals surface area contributed by atoms with Crippen molar-refractivity contribution in [2.24, 2.45) is 11.8 Å². The van der Waals surface area contributed by atoms with E-state index in [0.717, 1.165) is 24.3 Å². The topological polar surface area (TPSA) is 92.4 Å². The summed E-state index contributed by atoms with van der Waals surface area (Å²) in [6, 6.07) is 32.0. The standard InChI is InChI=1S/C36H41N5O2/c1-25(2)28-14-15-32(43-3)29(22-28)23-39-34-30-16-19-41(24-31(30)36(42)40(20-17-37)21-18-38)35(34)33(26-10-6-4-7-11-26)27-12-8-5-9-13-27/h4-15,22,25,30-31,33-35,39H,16,19-21,23-24H2,1-3H3/t30-,31-,34-,35-/m0/s1. The van der Waals surface area contributed by atoms with E-state index in [1.807, 2.05) is 6.07 Å². The van der Waals surface area contributed by atoms with Crippen LogP contribution in [-0.2, 0) is 11.3 Å². The molecule has 5 atom stereocenters. The van der Waals surface area contributed by atoms with Crippen LogP contribution in [0.25, 0.3) is 0 Å². The molecular formula is C36H41N5O2. The SMILES string of the molecule is COc1ccc(C(C)C)cc1CN[C@H]1[C@H]2CCN(C[C@@H]2C(=O)N(CC#N)CC#N)[C@H]1C(c1ccccc1)c1ccccc1. The summed E-state index contributed by atoms with van der Waals surface area (Å²) in [5.41, 5.74) is 4.84. The Bertz CT molecular complexity index is 1410. The maximum absolute atomic E-state index is 13.9. The Hall–Kier alpha value is -4.17.